The summed E-state index contributed by atoms with van der Waals surface area (Å²) in [6.07, 6.45) is 0.759. The first-order valence-electron chi connectivity index (χ1n) is 9.68. The van der Waals surface area contributed by atoms with Crippen molar-refractivity contribution < 1.29 is 14.3 Å². The standard InChI is InChI=1S/C20H29N5O3/c1-7-28-20(27)17-9-15(17)10-25(11-16-8-12(2)23(5)22-16)19(26)18-13(3)21-24(6)14(18)4/h8,15,17H,7,9-11H2,1-6H3/t15-,17-/m0/s1. The van der Waals surface area contributed by atoms with Crippen LogP contribution in [0.2, 0.25) is 0 Å². The summed E-state index contributed by atoms with van der Waals surface area (Å²) in [7, 11) is 3.72. The van der Waals surface area contributed by atoms with Crippen LogP contribution in [0.3, 0.4) is 0 Å². The van der Waals surface area contributed by atoms with E-state index < -0.39 is 0 Å². The number of aryl methyl sites for hydroxylation is 4. The molecule has 2 heterocycles. The zero-order valence-corrected chi connectivity index (χ0v) is 17.5. The molecule has 1 aliphatic carbocycles. The van der Waals surface area contributed by atoms with Crippen LogP contribution in [0, 0.1) is 32.6 Å². The summed E-state index contributed by atoms with van der Waals surface area (Å²) in [6, 6.07) is 1.99. The first-order valence-corrected chi connectivity index (χ1v) is 9.68. The maximum absolute atomic E-state index is 13.4. The predicted molar refractivity (Wildman–Crippen MR) is 104 cm³/mol. The molecule has 0 saturated heterocycles. The molecule has 2 atom stereocenters. The number of amides is 1. The first-order chi connectivity index (χ1) is 13.2. The fourth-order valence-electron chi connectivity index (χ4n) is 3.64. The van der Waals surface area contributed by atoms with Crippen molar-refractivity contribution in [2.75, 3.05) is 13.2 Å². The van der Waals surface area contributed by atoms with Gasteiger partial charge in [0.15, 0.2) is 0 Å². The quantitative estimate of drug-likeness (QED) is 0.678. The monoisotopic (exact) mass is 387 g/mol. The Labute approximate surface area is 165 Å². The Kier molecular flexibility index (Phi) is 5.58. The lowest BCUT2D eigenvalue weighted by atomic mass is 10.1. The number of hydrogen-bond acceptors (Lipinski definition) is 5. The minimum atomic E-state index is -0.165. The molecule has 0 N–H and O–H groups in total. The van der Waals surface area contributed by atoms with Gasteiger partial charge in [0.2, 0.25) is 0 Å². The third kappa shape index (κ3) is 3.95. The van der Waals surface area contributed by atoms with E-state index in [2.05, 4.69) is 10.2 Å². The van der Waals surface area contributed by atoms with Crippen molar-refractivity contribution in [3.63, 3.8) is 0 Å². The molecule has 3 rings (SSSR count). The Balaban J connectivity index is 1.82. The lowest BCUT2D eigenvalue weighted by molar-refractivity contribution is -0.145. The van der Waals surface area contributed by atoms with Gasteiger partial charge in [0, 0.05) is 32.0 Å². The average molecular weight is 387 g/mol. The predicted octanol–water partition coefficient (Wildman–Crippen LogP) is 1.92. The highest BCUT2D eigenvalue weighted by atomic mass is 16.5. The molecule has 0 bridgehead atoms. The maximum Gasteiger partial charge on any atom is 0.309 e. The van der Waals surface area contributed by atoms with E-state index in [-0.39, 0.29) is 23.7 Å². The van der Waals surface area contributed by atoms with Crippen LogP contribution in [0.5, 0.6) is 0 Å². The number of carbonyl (C=O) groups is 2. The Bertz CT molecular complexity index is 879. The summed E-state index contributed by atoms with van der Waals surface area (Å²) in [5.41, 5.74) is 4.05. The maximum atomic E-state index is 13.4. The number of rotatable bonds is 7. The SMILES string of the molecule is CCOC(=O)[C@H]1C[C@H]1CN(Cc1cc(C)n(C)n1)C(=O)c1c(C)nn(C)c1C. The first kappa shape index (κ1) is 20.1. The topological polar surface area (TPSA) is 82.2 Å². The molecule has 0 unspecified atom stereocenters. The Hall–Kier alpha value is -2.64. The van der Waals surface area contributed by atoms with Gasteiger partial charge >= 0.3 is 5.97 Å². The highest BCUT2D eigenvalue weighted by Gasteiger charge is 2.45. The summed E-state index contributed by atoms with van der Waals surface area (Å²) >= 11 is 0. The molecule has 1 fully saturated rings. The zero-order valence-electron chi connectivity index (χ0n) is 17.5. The molecule has 8 heteroatoms. The molecular formula is C20H29N5O3. The van der Waals surface area contributed by atoms with Crippen molar-refractivity contribution in [1.82, 2.24) is 24.5 Å². The van der Waals surface area contributed by atoms with Crippen molar-refractivity contribution in [2.24, 2.45) is 25.9 Å². The number of nitrogens with zero attached hydrogens (tertiary/aromatic N) is 5. The van der Waals surface area contributed by atoms with Crippen molar-refractivity contribution in [2.45, 2.75) is 40.7 Å². The van der Waals surface area contributed by atoms with Crippen LogP contribution in [-0.2, 0) is 30.2 Å². The second-order valence-electron chi connectivity index (χ2n) is 7.61. The van der Waals surface area contributed by atoms with Crippen molar-refractivity contribution in [1.29, 1.82) is 0 Å². The molecule has 0 aliphatic heterocycles. The molecule has 0 radical (unpaired) electrons. The molecule has 2 aromatic heterocycles. The summed E-state index contributed by atoms with van der Waals surface area (Å²) in [5.74, 6) is -0.217. The smallest absolute Gasteiger partial charge is 0.309 e. The largest absolute Gasteiger partial charge is 0.466 e. The molecule has 0 aromatic carbocycles. The second kappa shape index (κ2) is 7.77. The molecule has 8 nitrogen and oxygen atoms in total. The zero-order chi connectivity index (χ0) is 20.6. The molecule has 1 amide bonds. The van der Waals surface area contributed by atoms with Gasteiger partial charge < -0.3 is 9.64 Å². The third-order valence-corrected chi connectivity index (χ3v) is 5.49. The number of carbonyl (C=O) groups excluding carboxylic acids is 2. The van der Waals surface area contributed by atoms with Crippen molar-refractivity contribution >= 4 is 11.9 Å². The second-order valence-corrected chi connectivity index (χ2v) is 7.61. The highest BCUT2D eigenvalue weighted by molar-refractivity contribution is 5.96. The van der Waals surface area contributed by atoms with Gasteiger partial charge in [-0.3, -0.25) is 19.0 Å². The van der Waals surface area contributed by atoms with Crippen LogP contribution < -0.4 is 0 Å². The summed E-state index contributed by atoms with van der Waals surface area (Å²) < 4.78 is 8.66. The van der Waals surface area contributed by atoms with E-state index in [0.717, 1.165) is 23.5 Å². The molecule has 1 aliphatic rings. The average Bonchev–Trinajstić information content (AvgIpc) is 3.25. The van der Waals surface area contributed by atoms with Gasteiger partial charge in [-0.1, -0.05) is 0 Å². The van der Waals surface area contributed by atoms with Gasteiger partial charge in [-0.2, -0.15) is 10.2 Å². The van der Waals surface area contributed by atoms with Gasteiger partial charge in [-0.25, -0.2) is 0 Å². The number of aromatic nitrogens is 4. The third-order valence-electron chi connectivity index (χ3n) is 5.49. The Morgan fingerprint density at radius 3 is 2.46 bits per heavy atom. The minimum Gasteiger partial charge on any atom is -0.466 e. The Morgan fingerprint density at radius 2 is 1.93 bits per heavy atom. The minimum absolute atomic E-state index is 0.0686. The Morgan fingerprint density at radius 1 is 1.21 bits per heavy atom. The van der Waals surface area contributed by atoms with Crippen LogP contribution >= 0.6 is 0 Å². The van der Waals surface area contributed by atoms with Gasteiger partial charge in [0.05, 0.1) is 36.0 Å². The van der Waals surface area contributed by atoms with E-state index >= 15 is 0 Å². The van der Waals surface area contributed by atoms with Crippen molar-refractivity contribution in [3.8, 4) is 0 Å². The van der Waals surface area contributed by atoms with E-state index in [9.17, 15) is 9.59 Å². The molecule has 28 heavy (non-hydrogen) atoms. The fourth-order valence-corrected chi connectivity index (χ4v) is 3.64. The fraction of sp³-hybridized carbons (Fsp3) is 0.600. The number of hydrogen-bond donors (Lipinski definition) is 0. The van der Waals surface area contributed by atoms with Crippen LogP contribution in [0.1, 0.15) is 46.5 Å². The summed E-state index contributed by atoms with van der Waals surface area (Å²) in [6.45, 7) is 8.83. The van der Waals surface area contributed by atoms with Gasteiger partial charge in [0.1, 0.15) is 0 Å². The summed E-state index contributed by atoms with van der Waals surface area (Å²) in [4.78, 5) is 27.2. The van der Waals surface area contributed by atoms with E-state index in [1.165, 1.54) is 0 Å². The number of esters is 1. The van der Waals surface area contributed by atoms with Gasteiger partial charge in [-0.15, -0.1) is 0 Å². The normalized spacial score (nSPS) is 18.2. The lowest BCUT2D eigenvalue weighted by Gasteiger charge is -2.22. The van der Waals surface area contributed by atoms with Crippen LogP contribution in [0.15, 0.2) is 6.07 Å². The van der Waals surface area contributed by atoms with E-state index in [1.54, 1.807) is 14.3 Å². The van der Waals surface area contributed by atoms with Crippen LogP contribution in [-0.4, -0.2) is 49.5 Å². The molecule has 2 aromatic rings. The molecular weight excluding hydrogens is 358 g/mol. The van der Waals surface area contributed by atoms with Crippen molar-refractivity contribution in [3.05, 3.63) is 34.4 Å². The van der Waals surface area contributed by atoms with Gasteiger partial charge in [-0.05, 0) is 46.1 Å². The highest BCUT2D eigenvalue weighted by Crippen LogP contribution is 2.40. The van der Waals surface area contributed by atoms with E-state index in [0.29, 0.717) is 31.0 Å². The molecule has 1 saturated carbocycles. The molecule has 0 spiro atoms. The van der Waals surface area contributed by atoms with E-state index in [1.807, 2.05) is 47.9 Å². The van der Waals surface area contributed by atoms with E-state index in [4.69, 9.17) is 4.74 Å². The number of ether oxygens (including phenoxy) is 1. The van der Waals surface area contributed by atoms with Crippen LogP contribution in [0.4, 0.5) is 0 Å². The van der Waals surface area contributed by atoms with Gasteiger partial charge in [0.25, 0.3) is 5.91 Å². The lowest BCUT2D eigenvalue weighted by Crippen LogP contribution is -2.34. The van der Waals surface area contributed by atoms with Crippen LogP contribution in [0.25, 0.3) is 0 Å². The molecule has 152 valence electrons. The summed E-state index contributed by atoms with van der Waals surface area (Å²) in [5, 5.41) is 8.87.